The van der Waals surface area contributed by atoms with Crippen LogP contribution in [-0.2, 0) is 15.8 Å². The van der Waals surface area contributed by atoms with E-state index in [0.717, 1.165) is 33.3 Å². The molecule has 2 N–H and O–H groups in total. The molecule has 2 aromatic rings. The van der Waals surface area contributed by atoms with E-state index in [-0.39, 0.29) is 0 Å². The van der Waals surface area contributed by atoms with E-state index in [9.17, 15) is 8.76 Å². The summed E-state index contributed by atoms with van der Waals surface area (Å²) in [6.07, 6.45) is 6.78. The first kappa shape index (κ1) is 19.1. The van der Waals surface area contributed by atoms with Crippen LogP contribution in [0.3, 0.4) is 0 Å². The van der Waals surface area contributed by atoms with Gasteiger partial charge in [-0.1, -0.05) is 30.9 Å². The Morgan fingerprint density at radius 2 is 2.12 bits per heavy atom. The molecule has 0 saturated carbocycles. The molecule has 25 heavy (non-hydrogen) atoms. The molecule has 0 spiro atoms. The van der Waals surface area contributed by atoms with Gasteiger partial charge in [0, 0.05) is 29.3 Å². The standard InChI is InChI=1S/C20H23NO3S/c1-5-8-17(25(22)23)11-14(2)16(13-24-4)12-19-15(3)21-20-10-7-6-9-18(19)20/h5-12,21H,1,13H2,2-4H3,(H,22,23)/b14-11+,16-12+,17-8+. The van der Waals surface area contributed by atoms with Crippen LogP contribution in [0.1, 0.15) is 18.2 Å². The normalized spacial score (nSPS) is 14.8. The number of H-pyrrole nitrogens is 1. The zero-order valence-electron chi connectivity index (χ0n) is 14.7. The van der Waals surface area contributed by atoms with E-state index in [4.69, 9.17) is 4.74 Å². The quantitative estimate of drug-likeness (QED) is 0.555. The van der Waals surface area contributed by atoms with Crippen LogP contribution in [0.2, 0.25) is 0 Å². The zero-order valence-corrected chi connectivity index (χ0v) is 15.5. The third-order valence-electron chi connectivity index (χ3n) is 3.91. The molecule has 1 atom stereocenters. The number of hydrogen-bond donors (Lipinski definition) is 2. The van der Waals surface area contributed by atoms with Crippen LogP contribution in [0.25, 0.3) is 17.0 Å². The number of allylic oxidation sites excluding steroid dienone is 3. The molecule has 132 valence electrons. The van der Waals surface area contributed by atoms with Crippen LogP contribution in [0.15, 0.2) is 65.1 Å². The fourth-order valence-corrected chi connectivity index (χ4v) is 3.15. The van der Waals surface area contributed by atoms with Gasteiger partial charge in [-0.3, -0.25) is 0 Å². The minimum Gasteiger partial charge on any atom is -0.380 e. The lowest BCUT2D eigenvalue weighted by Gasteiger charge is -2.09. The number of rotatable bonds is 7. The highest BCUT2D eigenvalue weighted by molar-refractivity contribution is 7.83. The Kier molecular flexibility index (Phi) is 6.70. The fourth-order valence-electron chi connectivity index (χ4n) is 2.66. The van der Waals surface area contributed by atoms with Gasteiger partial charge in [0.05, 0.1) is 11.5 Å². The van der Waals surface area contributed by atoms with Crippen molar-refractivity contribution >= 4 is 28.1 Å². The summed E-state index contributed by atoms with van der Waals surface area (Å²) in [5.41, 5.74) is 5.04. The molecular formula is C20H23NO3S. The monoisotopic (exact) mass is 357 g/mol. The van der Waals surface area contributed by atoms with Crippen LogP contribution < -0.4 is 0 Å². The van der Waals surface area contributed by atoms with E-state index in [0.29, 0.717) is 11.5 Å². The van der Waals surface area contributed by atoms with Crippen molar-refractivity contribution in [3.05, 3.63) is 76.4 Å². The smallest absolute Gasteiger partial charge is 0.186 e. The summed E-state index contributed by atoms with van der Waals surface area (Å²) in [7, 11) is 1.63. The van der Waals surface area contributed by atoms with Crippen molar-refractivity contribution in [2.24, 2.45) is 0 Å². The lowest BCUT2D eigenvalue weighted by atomic mass is 10.0. The number of ether oxygens (including phenoxy) is 1. The molecule has 5 heteroatoms. The first-order chi connectivity index (χ1) is 12.0. The first-order valence-corrected chi connectivity index (χ1v) is 8.97. The predicted molar refractivity (Wildman–Crippen MR) is 106 cm³/mol. The predicted octanol–water partition coefficient (Wildman–Crippen LogP) is 4.74. The Balaban J connectivity index is 2.54. The van der Waals surface area contributed by atoms with Gasteiger partial charge < -0.3 is 14.3 Å². The van der Waals surface area contributed by atoms with Gasteiger partial charge >= 0.3 is 0 Å². The zero-order chi connectivity index (χ0) is 18.4. The number of fused-ring (bicyclic) bond motifs is 1. The van der Waals surface area contributed by atoms with Crippen LogP contribution >= 0.6 is 0 Å². The molecule has 0 saturated heterocycles. The SMILES string of the molecule is C=C\C=C(/C=C(C)/C(=C/c1c(C)[nH]c2ccccc12)COC)S(=O)O. The number of aryl methyl sites for hydroxylation is 1. The molecule has 1 unspecified atom stereocenters. The van der Waals surface area contributed by atoms with Crippen LogP contribution in [0, 0.1) is 6.92 Å². The van der Waals surface area contributed by atoms with E-state index in [1.807, 2.05) is 32.0 Å². The summed E-state index contributed by atoms with van der Waals surface area (Å²) in [4.78, 5) is 3.67. The number of nitrogens with one attached hydrogen (secondary N) is 1. The fraction of sp³-hybridized carbons (Fsp3) is 0.200. The molecule has 0 aliphatic carbocycles. The average molecular weight is 357 g/mol. The van der Waals surface area contributed by atoms with Crippen LogP contribution in [-0.4, -0.2) is 27.5 Å². The molecule has 4 nitrogen and oxygen atoms in total. The third-order valence-corrected chi connectivity index (χ3v) is 4.57. The third kappa shape index (κ3) is 4.66. The van der Waals surface area contributed by atoms with E-state index < -0.39 is 11.1 Å². The highest BCUT2D eigenvalue weighted by Gasteiger charge is 2.10. The van der Waals surface area contributed by atoms with Crippen molar-refractivity contribution in [3.63, 3.8) is 0 Å². The highest BCUT2D eigenvalue weighted by atomic mass is 32.2. The number of hydrogen-bond acceptors (Lipinski definition) is 2. The summed E-state index contributed by atoms with van der Waals surface area (Å²) < 4.78 is 26.2. The Labute approximate surface area is 150 Å². The molecule has 0 radical (unpaired) electrons. The average Bonchev–Trinajstić information content (AvgIpc) is 2.89. The first-order valence-electron chi connectivity index (χ1n) is 7.87. The highest BCUT2D eigenvalue weighted by Crippen LogP contribution is 2.26. The molecule has 1 aromatic heterocycles. The summed E-state index contributed by atoms with van der Waals surface area (Å²) >= 11 is -2.07. The summed E-state index contributed by atoms with van der Waals surface area (Å²) in [6, 6.07) is 8.11. The number of benzene rings is 1. The molecule has 2 rings (SSSR count). The number of para-hydroxylation sites is 1. The lowest BCUT2D eigenvalue weighted by molar-refractivity contribution is 0.228. The van der Waals surface area contributed by atoms with Crippen molar-refractivity contribution in [1.82, 2.24) is 4.98 Å². The molecule has 1 heterocycles. The van der Waals surface area contributed by atoms with E-state index in [1.54, 1.807) is 13.2 Å². The molecule has 0 amide bonds. The van der Waals surface area contributed by atoms with Gasteiger partial charge in [0.2, 0.25) is 0 Å². The second-order valence-electron chi connectivity index (χ2n) is 5.69. The maximum absolute atomic E-state index is 11.4. The minimum absolute atomic E-state index is 0.296. The topological polar surface area (TPSA) is 62.3 Å². The lowest BCUT2D eigenvalue weighted by Crippen LogP contribution is -1.99. The van der Waals surface area contributed by atoms with Gasteiger partial charge in [-0.2, -0.15) is 0 Å². The van der Waals surface area contributed by atoms with E-state index >= 15 is 0 Å². The Morgan fingerprint density at radius 1 is 1.40 bits per heavy atom. The number of methoxy groups -OCH3 is 1. The van der Waals surface area contributed by atoms with Crippen molar-refractivity contribution in [2.45, 2.75) is 13.8 Å². The van der Waals surface area contributed by atoms with Gasteiger partial charge in [-0.15, -0.1) is 0 Å². The number of aromatic amines is 1. The van der Waals surface area contributed by atoms with Gasteiger partial charge in [0.25, 0.3) is 0 Å². The maximum Gasteiger partial charge on any atom is 0.186 e. The maximum atomic E-state index is 11.4. The molecule has 0 fully saturated rings. The summed E-state index contributed by atoms with van der Waals surface area (Å²) in [5, 5.41) is 1.13. The minimum atomic E-state index is -2.07. The van der Waals surface area contributed by atoms with Crippen molar-refractivity contribution < 1.29 is 13.5 Å². The molecule has 1 aromatic carbocycles. The molecule has 0 aliphatic rings. The van der Waals surface area contributed by atoms with Crippen molar-refractivity contribution in [2.75, 3.05) is 13.7 Å². The Hall–Kier alpha value is -2.21. The second-order valence-corrected chi connectivity index (χ2v) is 6.66. The number of aromatic nitrogens is 1. The van der Waals surface area contributed by atoms with Gasteiger partial charge in [0.1, 0.15) is 0 Å². The van der Waals surface area contributed by atoms with Gasteiger partial charge in [-0.05, 0) is 49.3 Å². The van der Waals surface area contributed by atoms with Crippen LogP contribution in [0.4, 0.5) is 0 Å². The molecular weight excluding hydrogens is 334 g/mol. The van der Waals surface area contributed by atoms with Crippen molar-refractivity contribution in [3.8, 4) is 0 Å². The van der Waals surface area contributed by atoms with Gasteiger partial charge in [-0.25, -0.2) is 4.21 Å². The van der Waals surface area contributed by atoms with Crippen molar-refractivity contribution in [1.29, 1.82) is 0 Å². The summed E-state index contributed by atoms with van der Waals surface area (Å²) in [5.74, 6) is 0. The Morgan fingerprint density at radius 3 is 2.76 bits per heavy atom. The van der Waals surface area contributed by atoms with E-state index in [2.05, 4.69) is 23.7 Å². The van der Waals surface area contributed by atoms with Crippen LogP contribution in [0.5, 0.6) is 0 Å². The van der Waals surface area contributed by atoms with Gasteiger partial charge in [0.15, 0.2) is 11.1 Å². The largest absolute Gasteiger partial charge is 0.380 e. The Bertz CT molecular complexity index is 887. The molecule has 0 bridgehead atoms. The second kappa shape index (κ2) is 8.76. The van der Waals surface area contributed by atoms with E-state index in [1.165, 1.54) is 12.2 Å². The molecule has 0 aliphatic heterocycles. The summed E-state index contributed by atoms with van der Waals surface area (Å²) in [6.45, 7) is 7.92.